The van der Waals surface area contributed by atoms with Crippen LogP contribution in [0.5, 0.6) is 11.5 Å². The first kappa shape index (κ1) is 16.5. The molecular weight excluding hydrogens is 288 g/mol. The highest BCUT2D eigenvalue weighted by molar-refractivity contribution is 5.44. The lowest BCUT2D eigenvalue weighted by atomic mass is 10.1. The van der Waals surface area contributed by atoms with Gasteiger partial charge in [-0.3, -0.25) is 0 Å². The highest BCUT2D eigenvalue weighted by Gasteiger charge is 2.11. The van der Waals surface area contributed by atoms with Crippen LogP contribution in [0.1, 0.15) is 18.1 Å². The first-order chi connectivity index (χ1) is 11.0. The van der Waals surface area contributed by atoms with Crippen molar-refractivity contribution in [3.8, 4) is 35.2 Å². The van der Waals surface area contributed by atoms with Crippen LogP contribution in [0.2, 0.25) is 0 Å². The molecule has 3 heteroatoms. The first-order valence-corrected chi connectivity index (χ1v) is 7.09. The summed E-state index contributed by atoms with van der Waals surface area (Å²) in [5.74, 6) is 12.9. The van der Waals surface area contributed by atoms with Crippen LogP contribution in [-0.2, 0) is 0 Å². The molecule has 0 heterocycles. The van der Waals surface area contributed by atoms with E-state index in [9.17, 15) is 5.11 Å². The molecular formula is C20H18O3. The van der Waals surface area contributed by atoms with Crippen molar-refractivity contribution in [3.05, 3.63) is 59.7 Å². The van der Waals surface area contributed by atoms with Gasteiger partial charge in [-0.05, 0) is 67.3 Å². The molecule has 0 fully saturated rings. The van der Waals surface area contributed by atoms with Gasteiger partial charge >= 0.3 is 0 Å². The zero-order chi connectivity index (χ0) is 16.7. The Labute approximate surface area is 136 Å². The van der Waals surface area contributed by atoms with Crippen LogP contribution in [0.4, 0.5) is 0 Å². The zero-order valence-electron chi connectivity index (χ0n) is 13.4. The van der Waals surface area contributed by atoms with Crippen LogP contribution >= 0.6 is 0 Å². The minimum atomic E-state index is -1.39. The molecule has 1 N–H and O–H groups in total. The van der Waals surface area contributed by atoms with E-state index in [1.807, 2.05) is 48.5 Å². The second kappa shape index (κ2) is 7.40. The summed E-state index contributed by atoms with van der Waals surface area (Å²) >= 11 is 0. The summed E-state index contributed by atoms with van der Waals surface area (Å²) in [4.78, 5) is 0. The molecule has 0 unspecified atom stereocenters. The number of hydrogen-bond acceptors (Lipinski definition) is 3. The minimum Gasteiger partial charge on any atom is -0.497 e. The lowest BCUT2D eigenvalue weighted by Crippen LogP contribution is -2.18. The molecule has 0 amide bonds. The van der Waals surface area contributed by atoms with Gasteiger partial charge in [-0.1, -0.05) is 11.8 Å². The minimum absolute atomic E-state index is 0.765. The Morgan fingerprint density at radius 3 is 1.39 bits per heavy atom. The average molecular weight is 306 g/mol. The quantitative estimate of drug-likeness (QED) is 0.867. The van der Waals surface area contributed by atoms with E-state index < -0.39 is 5.60 Å². The van der Waals surface area contributed by atoms with E-state index >= 15 is 0 Å². The van der Waals surface area contributed by atoms with Crippen LogP contribution in [0.25, 0.3) is 0 Å². The summed E-state index contributed by atoms with van der Waals surface area (Å²) in [6.07, 6.45) is 0. The van der Waals surface area contributed by atoms with Gasteiger partial charge in [0.05, 0.1) is 14.2 Å². The highest BCUT2D eigenvalue weighted by Crippen LogP contribution is 2.12. The van der Waals surface area contributed by atoms with Crippen molar-refractivity contribution < 1.29 is 14.6 Å². The van der Waals surface area contributed by atoms with Gasteiger partial charge in [-0.25, -0.2) is 0 Å². The largest absolute Gasteiger partial charge is 0.497 e. The van der Waals surface area contributed by atoms with Crippen molar-refractivity contribution >= 4 is 0 Å². The van der Waals surface area contributed by atoms with E-state index in [4.69, 9.17) is 9.47 Å². The van der Waals surface area contributed by atoms with Gasteiger partial charge in [0.15, 0.2) is 5.60 Å². The van der Waals surface area contributed by atoms with Gasteiger partial charge in [0.1, 0.15) is 11.5 Å². The van der Waals surface area contributed by atoms with E-state index in [1.165, 1.54) is 0 Å². The Kier molecular flexibility index (Phi) is 5.31. The Bertz CT molecular complexity index is 697. The summed E-state index contributed by atoms with van der Waals surface area (Å²) in [5, 5.41) is 10.2. The Morgan fingerprint density at radius 1 is 0.739 bits per heavy atom. The number of methoxy groups -OCH3 is 2. The first-order valence-electron chi connectivity index (χ1n) is 7.09. The third kappa shape index (κ3) is 5.11. The van der Waals surface area contributed by atoms with E-state index in [0.29, 0.717) is 0 Å². The Hall–Kier alpha value is -2.88. The standard InChI is InChI=1S/C20H18O3/c1-20(21,14-12-16-4-8-18(22-2)9-5-16)15-13-17-6-10-19(23-3)11-7-17/h4-11,21H,1-3H3. The van der Waals surface area contributed by atoms with E-state index in [2.05, 4.69) is 23.7 Å². The van der Waals surface area contributed by atoms with Gasteiger partial charge in [0.25, 0.3) is 0 Å². The molecule has 3 nitrogen and oxygen atoms in total. The monoisotopic (exact) mass is 306 g/mol. The molecule has 0 saturated carbocycles. The molecule has 0 aromatic heterocycles. The molecule has 2 aromatic carbocycles. The highest BCUT2D eigenvalue weighted by atomic mass is 16.5. The molecule has 0 aliphatic heterocycles. The number of benzene rings is 2. The Balaban J connectivity index is 2.12. The maximum atomic E-state index is 10.2. The number of rotatable bonds is 2. The normalized spacial score (nSPS) is 9.91. The summed E-state index contributed by atoms with van der Waals surface area (Å²) < 4.78 is 10.2. The van der Waals surface area contributed by atoms with E-state index in [1.54, 1.807) is 21.1 Å². The summed E-state index contributed by atoms with van der Waals surface area (Å²) in [6.45, 7) is 1.57. The number of aliphatic hydroxyl groups is 1. The van der Waals surface area contributed by atoms with Crippen LogP contribution in [-0.4, -0.2) is 24.9 Å². The number of hydrogen-bond donors (Lipinski definition) is 1. The lowest BCUT2D eigenvalue weighted by molar-refractivity contribution is 0.184. The molecule has 0 aliphatic rings. The molecule has 23 heavy (non-hydrogen) atoms. The fraction of sp³-hybridized carbons (Fsp3) is 0.200. The van der Waals surface area contributed by atoms with Crippen molar-refractivity contribution in [1.82, 2.24) is 0 Å². The summed E-state index contributed by atoms with van der Waals surface area (Å²) in [6, 6.07) is 14.6. The lowest BCUT2D eigenvalue weighted by Gasteiger charge is -2.06. The van der Waals surface area contributed by atoms with E-state index in [-0.39, 0.29) is 0 Å². The molecule has 0 saturated heterocycles. The summed E-state index contributed by atoms with van der Waals surface area (Å²) in [7, 11) is 3.22. The molecule has 2 rings (SSSR count). The smallest absolute Gasteiger partial charge is 0.185 e. The fourth-order valence-electron chi connectivity index (χ4n) is 1.77. The van der Waals surface area contributed by atoms with Crippen LogP contribution in [0.3, 0.4) is 0 Å². The summed E-state index contributed by atoms with van der Waals surface area (Å²) in [5.41, 5.74) is 0.189. The molecule has 0 atom stereocenters. The second-order valence-corrected chi connectivity index (χ2v) is 5.03. The SMILES string of the molecule is COc1ccc(C#CC(C)(O)C#Cc2ccc(OC)cc2)cc1. The molecule has 0 aliphatic carbocycles. The number of ether oxygens (including phenoxy) is 2. The molecule has 2 aromatic rings. The third-order valence-electron chi connectivity index (χ3n) is 3.08. The molecule has 116 valence electrons. The second-order valence-electron chi connectivity index (χ2n) is 5.03. The zero-order valence-corrected chi connectivity index (χ0v) is 13.4. The molecule has 0 radical (unpaired) electrons. The van der Waals surface area contributed by atoms with Crippen LogP contribution < -0.4 is 9.47 Å². The van der Waals surface area contributed by atoms with Crippen molar-refractivity contribution in [1.29, 1.82) is 0 Å². The van der Waals surface area contributed by atoms with Crippen molar-refractivity contribution in [2.45, 2.75) is 12.5 Å². The van der Waals surface area contributed by atoms with Crippen molar-refractivity contribution in [2.24, 2.45) is 0 Å². The van der Waals surface area contributed by atoms with E-state index in [0.717, 1.165) is 22.6 Å². The van der Waals surface area contributed by atoms with Gasteiger partial charge in [-0.2, -0.15) is 0 Å². The predicted molar refractivity (Wildman–Crippen MR) is 90.4 cm³/mol. The van der Waals surface area contributed by atoms with Gasteiger partial charge in [0, 0.05) is 11.1 Å². The maximum Gasteiger partial charge on any atom is 0.185 e. The van der Waals surface area contributed by atoms with Crippen LogP contribution in [0.15, 0.2) is 48.5 Å². The van der Waals surface area contributed by atoms with Crippen molar-refractivity contribution in [2.75, 3.05) is 14.2 Å². The topological polar surface area (TPSA) is 38.7 Å². The molecule has 0 spiro atoms. The van der Waals surface area contributed by atoms with Crippen LogP contribution in [0, 0.1) is 23.7 Å². The van der Waals surface area contributed by atoms with Gasteiger partial charge in [-0.15, -0.1) is 0 Å². The van der Waals surface area contributed by atoms with Gasteiger partial charge in [0.2, 0.25) is 0 Å². The maximum absolute atomic E-state index is 10.2. The van der Waals surface area contributed by atoms with Crippen molar-refractivity contribution in [3.63, 3.8) is 0 Å². The van der Waals surface area contributed by atoms with Gasteiger partial charge < -0.3 is 14.6 Å². The fourth-order valence-corrected chi connectivity index (χ4v) is 1.77. The molecule has 0 bridgehead atoms. The third-order valence-corrected chi connectivity index (χ3v) is 3.08. The predicted octanol–water partition coefficient (Wildman–Crippen LogP) is 2.86. The Morgan fingerprint density at radius 2 is 1.09 bits per heavy atom. The average Bonchev–Trinajstić information content (AvgIpc) is 2.59.